The van der Waals surface area contributed by atoms with Gasteiger partial charge in [0.25, 0.3) is 0 Å². The highest BCUT2D eigenvalue weighted by Crippen LogP contribution is 2.29. The molecule has 2 heterocycles. The molecule has 29 heavy (non-hydrogen) atoms. The third-order valence-electron chi connectivity index (χ3n) is 4.93. The zero-order chi connectivity index (χ0) is 20.6. The van der Waals surface area contributed by atoms with Crippen LogP contribution in [0.3, 0.4) is 0 Å². The number of fused-ring (bicyclic) bond motifs is 3. The summed E-state index contributed by atoms with van der Waals surface area (Å²) >= 11 is 0. The molecule has 0 aliphatic rings. The Morgan fingerprint density at radius 3 is 2.69 bits per heavy atom. The van der Waals surface area contributed by atoms with E-state index < -0.39 is 9.84 Å². The van der Waals surface area contributed by atoms with Gasteiger partial charge in [-0.1, -0.05) is 42.8 Å². The molecule has 0 unspecified atom stereocenters. The second-order valence-electron chi connectivity index (χ2n) is 7.16. The number of para-hydroxylation sites is 1. The number of anilines is 1. The Morgan fingerprint density at radius 1 is 1.10 bits per heavy atom. The van der Waals surface area contributed by atoms with Crippen molar-refractivity contribution in [3.63, 3.8) is 0 Å². The van der Waals surface area contributed by atoms with Crippen LogP contribution in [0.4, 0.5) is 5.82 Å². The van der Waals surface area contributed by atoms with Gasteiger partial charge in [0.05, 0.1) is 10.4 Å². The number of rotatable bonds is 6. The van der Waals surface area contributed by atoms with Gasteiger partial charge >= 0.3 is 0 Å². The summed E-state index contributed by atoms with van der Waals surface area (Å²) in [5.74, 6) is 0.640. The molecule has 0 aliphatic carbocycles. The summed E-state index contributed by atoms with van der Waals surface area (Å²) in [5.41, 5.74) is 2.51. The molecule has 2 aromatic carbocycles. The summed E-state index contributed by atoms with van der Waals surface area (Å²) < 4.78 is 28.3. The van der Waals surface area contributed by atoms with Crippen LogP contribution in [0.25, 0.3) is 16.6 Å². The van der Waals surface area contributed by atoms with Crippen molar-refractivity contribution < 1.29 is 8.42 Å². The molecule has 0 fully saturated rings. The van der Waals surface area contributed by atoms with Gasteiger partial charge in [-0.3, -0.25) is 0 Å². The van der Waals surface area contributed by atoms with E-state index in [0.29, 0.717) is 11.4 Å². The van der Waals surface area contributed by atoms with Crippen LogP contribution >= 0.6 is 0 Å². The zero-order valence-corrected chi connectivity index (χ0v) is 17.5. The van der Waals surface area contributed by atoms with Crippen LogP contribution in [0.15, 0.2) is 52.4 Å². The molecule has 4 aromatic rings. The fourth-order valence-corrected chi connectivity index (χ4v) is 4.90. The first kappa shape index (κ1) is 19.3. The molecule has 0 saturated carbocycles. The summed E-state index contributed by atoms with van der Waals surface area (Å²) in [6.07, 6.45) is 2.04. The largest absolute Gasteiger partial charge is 0.369 e. The number of nitrogens with zero attached hydrogens (tertiary/aromatic N) is 4. The van der Waals surface area contributed by atoms with Crippen LogP contribution in [0.5, 0.6) is 0 Å². The van der Waals surface area contributed by atoms with E-state index in [0.717, 1.165) is 35.9 Å². The minimum absolute atomic E-state index is 0.129. The van der Waals surface area contributed by atoms with Gasteiger partial charge in [0, 0.05) is 11.9 Å². The molecule has 0 saturated heterocycles. The maximum absolute atomic E-state index is 13.4. The number of hydrogen-bond acceptors (Lipinski definition) is 6. The van der Waals surface area contributed by atoms with E-state index in [-0.39, 0.29) is 15.6 Å². The molecular weight excluding hydrogens is 386 g/mol. The molecule has 1 N–H and O–H groups in total. The lowest BCUT2D eigenvalue weighted by molar-refractivity contribution is 0.592. The number of aromatic nitrogens is 4. The Labute approximate surface area is 169 Å². The summed E-state index contributed by atoms with van der Waals surface area (Å²) in [7, 11) is -3.87. The average Bonchev–Trinajstić information content (AvgIpc) is 3.15. The third kappa shape index (κ3) is 3.33. The van der Waals surface area contributed by atoms with E-state index in [1.54, 1.807) is 19.1 Å². The van der Waals surface area contributed by atoms with Crippen molar-refractivity contribution >= 4 is 32.2 Å². The van der Waals surface area contributed by atoms with E-state index in [2.05, 4.69) is 27.5 Å². The van der Waals surface area contributed by atoms with E-state index in [1.165, 1.54) is 4.52 Å². The summed E-state index contributed by atoms with van der Waals surface area (Å²) in [6, 6.07) is 13.0. The normalized spacial score (nSPS) is 12.0. The van der Waals surface area contributed by atoms with Crippen LogP contribution in [-0.2, 0) is 9.84 Å². The van der Waals surface area contributed by atoms with Crippen LogP contribution in [0.1, 0.15) is 30.9 Å². The van der Waals surface area contributed by atoms with Gasteiger partial charge in [0.15, 0.2) is 5.65 Å². The van der Waals surface area contributed by atoms with Crippen molar-refractivity contribution in [1.82, 2.24) is 19.8 Å². The van der Waals surface area contributed by atoms with E-state index >= 15 is 0 Å². The first-order valence-electron chi connectivity index (χ1n) is 9.64. The Hall–Kier alpha value is -3.00. The Bertz CT molecular complexity index is 1310. The van der Waals surface area contributed by atoms with Crippen molar-refractivity contribution in [1.29, 1.82) is 0 Å². The molecule has 7 nitrogen and oxygen atoms in total. The molecular formula is C21H23N5O2S. The fraction of sp³-hybridized carbons (Fsp3) is 0.286. The number of hydrogen-bond donors (Lipinski definition) is 1. The van der Waals surface area contributed by atoms with Gasteiger partial charge in [-0.15, -0.1) is 5.10 Å². The quantitative estimate of drug-likeness (QED) is 0.485. The van der Waals surface area contributed by atoms with E-state index in [1.807, 2.05) is 37.3 Å². The minimum atomic E-state index is -3.87. The molecule has 0 amide bonds. The molecule has 2 aromatic heterocycles. The lowest BCUT2D eigenvalue weighted by atomic mass is 10.2. The first-order chi connectivity index (χ1) is 13.9. The monoisotopic (exact) mass is 409 g/mol. The maximum Gasteiger partial charge on any atom is 0.229 e. The van der Waals surface area contributed by atoms with Gasteiger partial charge in [-0.05, 0) is 49.6 Å². The van der Waals surface area contributed by atoms with Gasteiger partial charge < -0.3 is 5.32 Å². The average molecular weight is 410 g/mol. The van der Waals surface area contributed by atoms with Crippen LogP contribution in [0, 0.1) is 13.8 Å². The first-order valence-corrected chi connectivity index (χ1v) is 11.1. The summed E-state index contributed by atoms with van der Waals surface area (Å²) in [4.78, 5) is 4.86. The molecule has 0 atom stereocenters. The molecule has 4 rings (SSSR count). The number of unbranched alkanes of at least 4 members (excludes halogenated alkanes) is 1. The lowest BCUT2D eigenvalue weighted by Crippen LogP contribution is -2.09. The highest BCUT2D eigenvalue weighted by atomic mass is 32.2. The SMILES string of the molecule is CCCCNc1nc2c(S(=O)(=O)c3cc(C)ccc3C)nnn2c2ccccc12. The second kappa shape index (κ2) is 7.44. The van der Waals surface area contributed by atoms with Crippen LogP contribution < -0.4 is 5.32 Å². The highest BCUT2D eigenvalue weighted by Gasteiger charge is 2.28. The Morgan fingerprint density at radius 2 is 1.90 bits per heavy atom. The van der Waals surface area contributed by atoms with Crippen molar-refractivity contribution in [2.45, 2.75) is 43.5 Å². The minimum Gasteiger partial charge on any atom is -0.369 e. The molecule has 0 aliphatic heterocycles. The summed E-state index contributed by atoms with van der Waals surface area (Å²) in [6.45, 7) is 6.51. The van der Waals surface area contributed by atoms with Gasteiger partial charge in [0.2, 0.25) is 14.9 Å². The lowest BCUT2D eigenvalue weighted by Gasteiger charge is -2.10. The van der Waals surface area contributed by atoms with Crippen molar-refractivity contribution in [3.05, 3.63) is 53.6 Å². The number of aryl methyl sites for hydroxylation is 2. The predicted molar refractivity (Wildman–Crippen MR) is 113 cm³/mol. The number of benzene rings is 2. The predicted octanol–water partition coefficient (Wildman–Crippen LogP) is 3.94. The molecule has 0 spiro atoms. The standard InChI is InChI=1S/C21H23N5O2S/c1-4-5-12-22-19-16-8-6-7-9-17(16)26-20(23-19)21(24-25-26)29(27,28)18-13-14(2)10-11-15(18)3/h6-11,13H,4-5,12H2,1-3H3,(H,22,23). The number of sulfone groups is 1. The zero-order valence-electron chi connectivity index (χ0n) is 16.7. The van der Waals surface area contributed by atoms with Gasteiger partial charge in [-0.2, -0.15) is 4.52 Å². The van der Waals surface area contributed by atoms with Crippen molar-refractivity contribution in [3.8, 4) is 0 Å². The van der Waals surface area contributed by atoms with Crippen LogP contribution in [-0.4, -0.2) is 34.8 Å². The summed E-state index contributed by atoms with van der Waals surface area (Å²) in [5, 5.41) is 12.2. The van der Waals surface area contributed by atoms with Gasteiger partial charge in [0.1, 0.15) is 5.82 Å². The third-order valence-corrected chi connectivity index (χ3v) is 6.72. The Kier molecular flexibility index (Phi) is 4.96. The Balaban J connectivity index is 1.96. The number of nitrogens with one attached hydrogen (secondary N) is 1. The molecule has 150 valence electrons. The fourth-order valence-electron chi connectivity index (χ4n) is 3.34. The molecule has 0 radical (unpaired) electrons. The topological polar surface area (TPSA) is 89.2 Å². The smallest absolute Gasteiger partial charge is 0.229 e. The highest BCUT2D eigenvalue weighted by molar-refractivity contribution is 7.91. The molecule has 8 heteroatoms. The van der Waals surface area contributed by atoms with E-state index in [4.69, 9.17) is 0 Å². The maximum atomic E-state index is 13.4. The van der Waals surface area contributed by atoms with E-state index in [9.17, 15) is 8.42 Å². The van der Waals surface area contributed by atoms with Gasteiger partial charge in [-0.25, -0.2) is 13.4 Å². The van der Waals surface area contributed by atoms with Crippen molar-refractivity contribution in [2.24, 2.45) is 0 Å². The van der Waals surface area contributed by atoms with Crippen molar-refractivity contribution in [2.75, 3.05) is 11.9 Å². The molecule has 0 bridgehead atoms. The van der Waals surface area contributed by atoms with Crippen LogP contribution in [0.2, 0.25) is 0 Å². The second-order valence-corrected chi connectivity index (χ2v) is 8.99.